The van der Waals surface area contributed by atoms with Crippen LogP contribution in [-0.2, 0) is 4.74 Å². The van der Waals surface area contributed by atoms with Gasteiger partial charge in [-0.1, -0.05) is 19.1 Å². The van der Waals surface area contributed by atoms with Crippen LogP contribution in [-0.4, -0.2) is 40.4 Å². The Hall–Kier alpha value is -3.70. The molecule has 2 aromatic heterocycles. The second kappa shape index (κ2) is 8.99. The van der Waals surface area contributed by atoms with Gasteiger partial charge in [-0.25, -0.2) is 9.67 Å². The molecule has 3 aromatic rings. The Kier molecular flexibility index (Phi) is 6.22. The highest BCUT2D eigenvalue weighted by molar-refractivity contribution is 5.94. The molecule has 2 N–H and O–H groups in total. The fourth-order valence-electron chi connectivity index (χ4n) is 2.84. The molecule has 1 aromatic carbocycles. The summed E-state index contributed by atoms with van der Waals surface area (Å²) in [5, 5.41) is 14.5. The fourth-order valence-corrected chi connectivity index (χ4v) is 2.84. The van der Waals surface area contributed by atoms with Crippen molar-refractivity contribution in [3.8, 4) is 23.0 Å². The number of benzene rings is 1. The van der Waals surface area contributed by atoms with Crippen LogP contribution in [0.1, 0.15) is 29.3 Å². The molecule has 29 heavy (non-hydrogen) atoms. The molecule has 0 fully saturated rings. The maximum atomic E-state index is 12.3. The molecule has 1 unspecified atom stereocenters. The summed E-state index contributed by atoms with van der Waals surface area (Å²) in [5.74, 6) is 0.245. The summed E-state index contributed by atoms with van der Waals surface area (Å²) in [6.07, 6.45) is 3.86. The van der Waals surface area contributed by atoms with E-state index in [1.54, 1.807) is 49.7 Å². The smallest absolute Gasteiger partial charge is 0.272 e. The monoisotopic (exact) mass is 391 g/mol. The molecule has 0 aliphatic rings. The fraction of sp³-hybridized carbons (Fsp3) is 0.238. The zero-order valence-corrected chi connectivity index (χ0v) is 16.2. The van der Waals surface area contributed by atoms with Crippen LogP contribution >= 0.6 is 0 Å². The van der Waals surface area contributed by atoms with Gasteiger partial charge in [-0.05, 0) is 36.2 Å². The lowest BCUT2D eigenvalue weighted by atomic mass is 10.1. The zero-order chi connectivity index (χ0) is 20.8. The van der Waals surface area contributed by atoms with Gasteiger partial charge in [-0.3, -0.25) is 14.7 Å². The first-order chi connectivity index (χ1) is 14.0. The van der Waals surface area contributed by atoms with E-state index in [9.17, 15) is 9.59 Å². The molecule has 0 saturated heterocycles. The molecule has 0 bridgehead atoms. The molecule has 1 amide bonds. The largest absolute Gasteiger partial charge is 0.383 e. The molecule has 0 saturated carbocycles. The highest BCUT2D eigenvalue weighted by Gasteiger charge is 2.13. The summed E-state index contributed by atoms with van der Waals surface area (Å²) in [4.78, 5) is 28.9. The molecule has 8 heteroatoms. The van der Waals surface area contributed by atoms with Gasteiger partial charge in [-0.15, -0.1) is 0 Å². The van der Waals surface area contributed by atoms with Crippen molar-refractivity contribution >= 4 is 5.91 Å². The zero-order valence-electron chi connectivity index (χ0n) is 16.2. The molecule has 2 heterocycles. The Labute approximate surface area is 167 Å². The van der Waals surface area contributed by atoms with Crippen molar-refractivity contribution in [3.63, 3.8) is 0 Å². The number of carbonyl (C=O) groups excluding carboxylic acids is 1. The van der Waals surface area contributed by atoms with Gasteiger partial charge in [0.1, 0.15) is 0 Å². The Morgan fingerprint density at radius 1 is 1.31 bits per heavy atom. The number of pyridine rings is 1. The minimum absolute atomic E-state index is 0.0667. The van der Waals surface area contributed by atoms with Crippen molar-refractivity contribution in [1.29, 1.82) is 5.26 Å². The van der Waals surface area contributed by atoms with Crippen molar-refractivity contribution in [2.24, 2.45) is 0 Å². The molecule has 148 valence electrons. The van der Waals surface area contributed by atoms with Crippen LogP contribution in [0.25, 0.3) is 16.9 Å². The summed E-state index contributed by atoms with van der Waals surface area (Å²) in [6.45, 7) is 2.41. The molecule has 0 radical (unpaired) electrons. The van der Waals surface area contributed by atoms with Crippen molar-refractivity contribution in [2.45, 2.75) is 19.4 Å². The van der Waals surface area contributed by atoms with Crippen LogP contribution in [0, 0.1) is 11.3 Å². The van der Waals surface area contributed by atoms with E-state index in [1.807, 2.05) is 13.0 Å². The SMILES string of the molecule is CCC(COC)NC(=O)c1ccc(-n2cc(-c3ccc(C#N)cc3)c(=O)[nH]2)nc1. The number of carbonyl (C=O) groups is 1. The van der Waals surface area contributed by atoms with E-state index in [1.165, 1.54) is 10.9 Å². The number of rotatable bonds is 7. The number of aromatic nitrogens is 3. The lowest BCUT2D eigenvalue weighted by Gasteiger charge is -2.15. The average Bonchev–Trinajstić information content (AvgIpc) is 3.15. The molecule has 0 spiro atoms. The van der Waals surface area contributed by atoms with Gasteiger partial charge >= 0.3 is 0 Å². The van der Waals surface area contributed by atoms with Crippen molar-refractivity contribution < 1.29 is 9.53 Å². The molecular formula is C21H21N5O3. The molecule has 1 atom stereocenters. The molecule has 3 rings (SSSR count). The lowest BCUT2D eigenvalue weighted by molar-refractivity contribution is 0.0894. The predicted molar refractivity (Wildman–Crippen MR) is 108 cm³/mol. The standard InChI is InChI=1S/C21H21N5O3/c1-3-17(13-29-2)24-20(27)16-8-9-19(23-11-16)26-12-18(21(28)25-26)15-6-4-14(10-22)5-7-15/h4-9,11-12,17H,3,13H2,1-2H3,(H,24,27)(H,25,28). The number of methoxy groups -OCH3 is 1. The molecule has 8 nitrogen and oxygen atoms in total. The summed E-state index contributed by atoms with van der Waals surface area (Å²) < 4.78 is 6.59. The Balaban J connectivity index is 1.79. The predicted octanol–water partition coefficient (Wildman–Crippen LogP) is 2.25. The number of hydrogen-bond acceptors (Lipinski definition) is 5. The number of ether oxygens (including phenoxy) is 1. The van der Waals surface area contributed by atoms with E-state index < -0.39 is 0 Å². The summed E-state index contributed by atoms with van der Waals surface area (Å²) >= 11 is 0. The van der Waals surface area contributed by atoms with E-state index in [-0.39, 0.29) is 17.5 Å². The van der Waals surface area contributed by atoms with Crippen LogP contribution in [0.2, 0.25) is 0 Å². The van der Waals surface area contributed by atoms with E-state index in [0.29, 0.717) is 34.7 Å². The minimum atomic E-state index is -0.274. The number of nitrogens with one attached hydrogen (secondary N) is 2. The van der Waals surface area contributed by atoms with Crippen molar-refractivity contribution in [3.05, 3.63) is 70.3 Å². The Morgan fingerprint density at radius 3 is 2.66 bits per heavy atom. The van der Waals surface area contributed by atoms with E-state index in [4.69, 9.17) is 10.00 Å². The first kappa shape index (κ1) is 20.0. The minimum Gasteiger partial charge on any atom is -0.383 e. The maximum absolute atomic E-state index is 12.3. The highest BCUT2D eigenvalue weighted by Crippen LogP contribution is 2.17. The second-order valence-electron chi connectivity index (χ2n) is 6.48. The molecular weight excluding hydrogens is 370 g/mol. The quantitative estimate of drug-likeness (QED) is 0.641. The third-order valence-corrected chi connectivity index (χ3v) is 4.50. The van der Waals surface area contributed by atoms with Gasteiger partial charge in [0, 0.05) is 19.5 Å². The second-order valence-corrected chi connectivity index (χ2v) is 6.48. The van der Waals surface area contributed by atoms with Crippen LogP contribution in [0.4, 0.5) is 0 Å². The number of H-pyrrole nitrogens is 1. The molecule has 0 aliphatic heterocycles. The average molecular weight is 391 g/mol. The topological polar surface area (TPSA) is 113 Å². The van der Waals surface area contributed by atoms with E-state index in [2.05, 4.69) is 15.4 Å². The third kappa shape index (κ3) is 4.59. The van der Waals surface area contributed by atoms with Crippen molar-refractivity contribution in [1.82, 2.24) is 20.1 Å². The van der Waals surface area contributed by atoms with Gasteiger partial charge in [0.05, 0.1) is 35.4 Å². The summed E-state index contributed by atoms with van der Waals surface area (Å²) in [6, 6.07) is 12.0. The van der Waals surface area contributed by atoms with E-state index >= 15 is 0 Å². The van der Waals surface area contributed by atoms with Gasteiger partial charge in [0.15, 0.2) is 5.82 Å². The third-order valence-electron chi connectivity index (χ3n) is 4.50. The van der Waals surface area contributed by atoms with Crippen molar-refractivity contribution in [2.75, 3.05) is 13.7 Å². The Morgan fingerprint density at radius 2 is 2.07 bits per heavy atom. The molecule has 0 aliphatic carbocycles. The summed E-state index contributed by atoms with van der Waals surface area (Å²) in [7, 11) is 1.59. The van der Waals surface area contributed by atoms with E-state index in [0.717, 1.165) is 6.42 Å². The summed E-state index contributed by atoms with van der Waals surface area (Å²) in [5.41, 5.74) is 1.83. The van der Waals surface area contributed by atoms with Crippen LogP contribution in [0.3, 0.4) is 0 Å². The van der Waals surface area contributed by atoms with Gasteiger partial charge in [0.2, 0.25) is 0 Å². The lowest BCUT2D eigenvalue weighted by Crippen LogP contribution is -2.37. The number of nitrogens with zero attached hydrogens (tertiary/aromatic N) is 3. The highest BCUT2D eigenvalue weighted by atomic mass is 16.5. The number of nitriles is 1. The number of aromatic amines is 1. The van der Waals surface area contributed by atoms with Gasteiger partial charge < -0.3 is 10.1 Å². The normalized spacial score (nSPS) is 11.6. The van der Waals surface area contributed by atoms with Crippen LogP contribution < -0.4 is 10.9 Å². The number of amides is 1. The van der Waals surface area contributed by atoms with Gasteiger partial charge in [0.25, 0.3) is 11.5 Å². The first-order valence-corrected chi connectivity index (χ1v) is 9.14. The number of hydrogen-bond donors (Lipinski definition) is 2. The maximum Gasteiger partial charge on any atom is 0.272 e. The first-order valence-electron chi connectivity index (χ1n) is 9.14. The Bertz CT molecular complexity index is 1080. The van der Waals surface area contributed by atoms with Crippen LogP contribution in [0.15, 0.2) is 53.6 Å². The van der Waals surface area contributed by atoms with Crippen LogP contribution in [0.5, 0.6) is 0 Å². The van der Waals surface area contributed by atoms with Gasteiger partial charge in [-0.2, -0.15) is 5.26 Å².